The molecule has 0 saturated carbocycles. The number of likely N-dealkylation sites (tertiary alicyclic amines) is 2. The van der Waals surface area contributed by atoms with E-state index < -0.39 is 38.8 Å². The quantitative estimate of drug-likeness (QED) is 0.0254. The molecule has 0 aliphatic carbocycles. The van der Waals surface area contributed by atoms with Crippen LogP contribution >= 0.6 is 70.3 Å². The Hall–Kier alpha value is -7.75. The summed E-state index contributed by atoms with van der Waals surface area (Å²) in [5.41, 5.74) is 2.40. The second kappa shape index (κ2) is 63.2. The predicted octanol–water partition coefficient (Wildman–Crippen LogP) is 11.9. The molecule has 26 heteroatoms. The van der Waals surface area contributed by atoms with Crippen molar-refractivity contribution in [3.8, 4) is 22.7 Å². The van der Waals surface area contributed by atoms with Crippen molar-refractivity contribution in [2.45, 2.75) is 76.3 Å². The van der Waals surface area contributed by atoms with Gasteiger partial charge in [0.15, 0.2) is 3.92 Å². The van der Waals surface area contributed by atoms with Crippen LogP contribution in [0.15, 0.2) is 416 Å². The van der Waals surface area contributed by atoms with E-state index in [2.05, 4.69) is 431 Å². The number of nitriles is 2. The zero-order valence-electron chi connectivity index (χ0n) is 78.2. The van der Waals surface area contributed by atoms with Gasteiger partial charge >= 0.3 is 110 Å². The Balaban J connectivity index is 0.000000179. The van der Waals surface area contributed by atoms with Crippen LogP contribution in [0.5, 0.6) is 0 Å². The number of aromatic nitrogens is 4. The standard InChI is InChI=1S/C19H23N5S.4C18H15P.C12H19BrN4S.C7H6BNO2.CH2O3.2K.Pd.H/c20-14-15-5-4-6-16(13-15)18-21-22-19(25-18)24-11-7-17(8-12-24)23-9-2-1-3-10-23;4*1-4-10-16(11-5-1)19(17-12-6-2-7-13-17)18-14-8-3-9-15-18;13-11-14-15-12(18-11)17-8-4-10(5-9-17)16-6-2-1-3-7-16;9-5-6-2-1-3-7(4-6)8(10)11;2-1-4-3;;;;/h4-6,13,17H,1-3,7-12H2;4*1-15H;10H,1-9H2;1-4,10-11H;1,3H;;;;/q;;;;;;;;2*+1;;-1/p-1. The predicted molar refractivity (Wildman–Crippen MR) is 569 cm³/mol. The Morgan fingerprint density at radius 2 is 0.591 bits per heavy atom. The summed E-state index contributed by atoms with van der Waals surface area (Å²) in [7, 11) is -3.28. The zero-order chi connectivity index (χ0) is 92.8. The van der Waals surface area contributed by atoms with Gasteiger partial charge in [0.2, 0.25) is 10.3 Å². The van der Waals surface area contributed by atoms with Gasteiger partial charge in [0, 0.05) is 64.2 Å². The van der Waals surface area contributed by atoms with Crippen LogP contribution in [0.25, 0.3) is 10.6 Å². The van der Waals surface area contributed by atoms with Crippen LogP contribution < -0.4 is 187 Å². The van der Waals surface area contributed by atoms with Gasteiger partial charge in [-0.2, -0.15) is 10.5 Å². The molecule has 4 aliphatic rings. The monoisotopic (exact) mass is 2120 g/mol. The Kier molecular flexibility index (Phi) is 51.3. The summed E-state index contributed by atoms with van der Waals surface area (Å²) in [6.45, 7) is 9.39. The average Bonchev–Trinajstić information content (AvgIpc) is 1.82. The number of piperidine rings is 4. The fourth-order valence-corrected chi connectivity index (χ4v) is 27.7. The molecule has 0 amide bonds. The molecule has 0 spiro atoms. The largest absolute Gasteiger partial charge is 1.00 e. The van der Waals surface area contributed by atoms with Gasteiger partial charge in [-0.3, -0.25) is 4.79 Å². The summed E-state index contributed by atoms with van der Waals surface area (Å²) in [6.07, 6.45) is 13.3. The Morgan fingerprint density at radius 3 is 0.825 bits per heavy atom. The van der Waals surface area contributed by atoms with Crippen molar-refractivity contribution in [3.05, 3.63) is 428 Å². The summed E-state index contributed by atoms with van der Waals surface area (Å²) in [5.74, 6) is 0. The normalized spacial score (nSPS) is 13.4. The Labute approximate surface area is 930 Å². The zero-order valence-corrected chi connectivity index (χ0v) is 91.8. The fourth-order valence-electron chi connectivity index (χ4n) is 16.4. The van der Waals surface area contributed by atoms with Crippen LogP contribution in [0.2, 0.25) is 0 Å². The van der Waals surface area contributed by atoms with E-state index in [0.717, 1.165) is 63.0 Å². The molecular formula is C111H110BBrK2N10O5P4PdS2. The third-order valence-corrected chi connectivity index (χ3v) is 35.1. The summed E-state index contributed by atoms with van der Waals surface area (Å²) in [6, 6.07) is 149. The molecule has 137 heavy (non-hydrogen) atoms. The molecule has 0 unspecified atom stereocenters. The maximum absolute atomic E-state index is 9.06. The van der Waals surface area contributed by atoms with Crippen molar-refractivity contribution in [2.75, 3.05) is 62.2 Å². The molecule has 16 aromatic rings. The van der Waals surface area contributed by atoms with Gasteiger partial charge in [0.1, 0.15) is 5.01 Å². The van der Waals surface area contributed by atoms with Gasteiger partial charge in [-0.1, -0.05) is 424 Å². The minimum Gasteiger partial charge on any atom is -1.00 e. The van der Waals surface area contributed by atoms with Gasteiger partial charge in [0.05, 0.1) is 23.3 Å². The smallest absolute Gasteiger partial charge is 1.00 e. The van der Waals surface area contributed by atoms with Gasteiger partial charge in [-0.15, -0.1) is 20.4 Å². The van der Waals surface area contributed by atoms with Crippen LogP contribution in [0.1, 0.15) is 76.8 Å². The molecule has 688 valence electrons. The molecule has 0 bridgehead atoms. The van der Waals surface area contributed by atoms with Gasteiger partial charge < -0.3 is 41.2 Å². The van der Waals surface area contributed by atoms with Gasteiger partial charge in [0.25, 0.3) is 6.47 Å². The number of hydrogen-bond donors (Lipinski definition) is 2. The van der Waals surface area contributed by atoms with Crippen LogP contribution in [-0.2, 0) is 30.1 Å². The molecular weight excluding hydrogens is 2020 g/mol. The number of rotatable bonds is 19. The van der Waals surface area contributed by atoms with Crippen molar-refractivity contribution in [1.82, 2.24) is 30.2 Å². The van der Waals surface area contributed by atoms with Crippen molar-refractivity contribution in [1.29, 1.82) is 10.5 Å². The number of nitrogens with zero attached hydrogens (tertiary/aromatic N) is 10. The van der Waals surface area contributed by atoms with Crippen molar-refractivity contribution < 1.29 is 150 Å². The summed E-state index contributed by atoms with van der Waals surface area (Å²) < 4.78 is 0.885. The number of halogens is 1. The topological polar surface area (TPSA) is 202 Å². The SMILES string of the molecule is Brc1nnc(N2CCC(N3CCCCC3)CC2)s1.N#Cc1cccc(-c2nnc(N3CCC(N4CCCCC4)CC3)s2)c1.N#Cc1cccc(B(O)O)c1.O=CO[O-].[H-].[K+].[K+].[Pd].c1ccc(P(c2ccccc2)c2ccccc2)cc1.c1ccc(P(c2ccccc2)c2ccccc2)cc1.c1ccc(P(c2ccccc2)c2ccccc2)cc1.c1ccc(P(c2ccccc2)c2ccccc2)cc1. The van der Waals surface area contributed by atoms with E-state index in [0.29, 0.717) is 16.6 Å². The number of benzene rings is 14. The van der Waals surface area contributed by atoms with Crippen LogP contribution in [0.4, 0.5) is 10.3 Å². The average molecular weight is 2130 g/mol. The van der Waals surface area contributed by atoms with Gasteiger partial charge in [-0.05, 0) is 219 Å². The third-order valence-electron chi connectivity index (χ3n) is 22.9. The Bertz CT molecular complexity index is 5250. The number of carbonyl (C=O) groups is 1. The van der Waals surface area contributed by atoms with Crippen molar-refractivity contribution in [3.63, 3.8) is 0 Å². The van der Waals surface area contributed by atoms with E-state index in [4.69, 9.17) is 30.6 Å². The van der Waals surface area contributed by atoms with Crippen molar-refractivity contribution >= 4 is 163 Å². The second-order valence-electron chi connectivity index (χ2n) is 31.7. The van der Waals surface area contributed by atoms with Crippen LogP contribution in [0, 0.1) is 22.7 Å². The van der Waals surface area contributed by atoms with Crippen LogP contribution in [-0.4, -0.2) is 118 Å². The first-order valence-corrected chi connectivity index (χ1v) is 53.1. The maximum Gasteiger partial charge on any atom is 1.00 e. The molecule has 2 N–H and O–H groups in total. The number of hydrogen-bond acceptors (Lipinski definition) is 17. The fraction of sp³-hybridized carbons (Fsp3) is 0.180. The van der Waals surface area contributed by atoms with E-state index in [-0.39, 0.29) is 131 Å². The van der Waals surface area contributed by atoms with E-state index >= 15 is 0 Å². The van der Waals surface area contributed by atoms with Gasteiger partial charge in [-0.25, -0.2) is 0 Å². The number of carbonyl (C=O) groups excluding carboxylic acids is 1. The molecule has 0 atom stereocenters. The summed E-state index contributed by atoms with van der Waals surface area (Å²) in [4.78, 5) is 21.4. The van der Waals surface area contributed by atoms with E-state index in [9.17, 15) is 0 Å². The molecule has 0 radical (unpaired) electrons. The minimum atomic E-state index is -1.50. The second-order valence-corrected chi connectivity index (χ2v) is 43.8. The molecule has 20 rings (SSSR count). The molecule has 15 nitrogen and oxygen atoms in total. The first kappa shape index (κ1) is 111. The molecule has 2 aromatic heterocycles. The van der Waals surface area contributed by atoms with E-state index in [1.807, 2.05) is 30.3 Å². The first-order valence-electron chi connectivity index (χ1n) is 45.3. The molecule has 14 aromatic carbocycles. The maximum atomic E-state index is 9.06. The molecule has 4 saturated heterocycles. The molecule has 4 aliphatic heterocycles. The van der Waals surface area contributed by atoms with E-state index in [1.54, 1.807) is 40.9 Å². The third kappa shape index (κ3) is 35.7. The first-order chi connectivity index (χ1) is 66.1. The molecule has 4 fully saturated rings. The summed E-state index contributed by atoms with van der Waals surface area (Å²) in [5, 5.41) is 80.0. The summed E-state index contributed by atoms with van der Waals surface area (Å²) >= 11 is 6.65. The van der Waals surface area contributed by atoms with Crippen molar-refractivity contribution in [2.24, 2.45) is 0 Å². The van der Waals surface area contributed by atoms with E-state index in [1.165, 1.54) is 160 Å². The number of anilines is 2. The minimum absolute atomic E-state index is 0. The Morgan fingerprint density at radius 1 is 0.350 bits per heavy atom. The molecule has 6 heterocycles. The van der Waals surface area contributed by atoms with Crippen LogP contribution in [0.3, 0.4) is 0 Å².